The van der Waals surface area contributed by atoms with Gasteiger partial charge < -0.3 is 5.11 Å². The molecule has 16 heavy (non-hydrogen) atoms. The van der Waals surface area contributed by atoms with Crippen molar-refractivity contribution in [2.45, 2.75) is 38.9 Å². The second-order valence-corrected chi connectivity index (χ2v) is 10.6. The van der Waals surface area contributed by atoms with Crippen molar-refractivity contribution < 1.29 is 5.11 Å². The summed E-state index contributed by atoms with van der Waals surface area (Å²) < 4.78 is 0. The fourth-order valence-corrected chi connectivity index (χ4v) is 1.81. The topological polar surface area (TPSA) is 20.2 Å². The molecule has 0 aliphatic rings. The van der Waals surface area contributed by atoms with E-state index in [4.69, 9.17) is 0 Å². The van der Waals surface area contributed by atoms with Crippen molar-refractivity contribution in [1.29, 1.82) is 0 Å². The minimum Gasteiger partial charge on any atom is -0.507 e. The van der Waals surface area contributed by atoms with E-state index in [0.29, 0.717) is 0 Å². The first-order valence-electron chi connectivity index (χ1n) is 5.55. The van der Waals surface area contributed by atoms with Crippen LogP contribution in [0.1, 0.15) is 26.3 Å². The highest BCUT2D eigenvalue weighted by atomic mass is 28.3. The molecule has 1 aromatic carbocycles. The summed E-state index contributed by atoms with van der Waals surface area (Å²) in [5, 5.41) is 9.88. The van der Waals surface area contributed by atoms with Crippen molar-refractivity contribution in [3.05, 3.63) is 29.8 Å². The van der Waals surface area contributed by atoms with Crippen LogP contribution in [0.25, 0.3) is 0 Å². The van der Waals surface area contributed by atoms with Crippen LogP contribution < -0.4 is 0 Å². The molecule has 1 rings (SSSR count). The van der Waals surface area contributed by atoms with Crippen LogP contribution in [0.4, 0.5) is 0 Å². The number of para-hydroxylation sites is 1. The fraction of sp³-hybridized carbons (Fsp3) is 0.429. The van der Waals surface area contributed by atoms with Gasteiger partial charge in [-0.1, -0.05) is 51.9 Å². The average Bonchev–Trinajstić information content (AvgIpc) is 2.15. The summed E-state index contributed by atoms with van der Waals surface area (Å²) in [6.07, 6.45) is 0. The standard InChI is InChI=1S/C14H20OSi/c1-14(2,3)16(4,5)11-10-12-8-6-7-9-13(12)15/h6-9,15H,1-5H3. The van der Waals surface area contributed by atoms with Crippen molar-refractivity contribution in [2.75, 3.05) is 0 Å². The predicted molar refractivity (Wildman–Crippen MR) is 72.2 cm³/mol. The summed E-state index contributed by atoms with van der Waals surface area (Å²) in [6, 6.07) is 7.24. The minimum atomic E-state index is -1.58. The summed E-state index contributed by atoms with van der Waals surface area (Å²) in [7, 11) is -1.58. The van der Waals surface area contributed by atoms with E-state index >= 15 is 0 Å². The summed E-state index contributed by atoms with van der Waals surface area (Å²) in [5.41, 5.74) is 4.11. The molecule has 0 spiro atoms. The van der Waals surface area contributed by atoms with E-state index in [-0.39, 0.29) is 10.8 Å². The summed E-state index contributed by atoms with van der Waals surface area (Å²) in [4.78, 5) is 0. The number of aromatic hydroxyl groups is 1. The lowest BCUT2D eigenvalue weighted by Gasteiger charge is -2.31. The largest absolute Gasteiger partial charge is 0.507 e. The first kappa shape index (κ1) is 12.9. The molecule has 0 fully saturated rings. The quantitative estimate of drug-likeness (QED) is 0.533. The number of hydrogen-bond acceptors (Lipinski definition) is 1. The molecule has 0 unspecified atom stereocenters. The van der Waals surface area contributed by atoms with Gasteiger partial charge in [0.25, 0.3) is 0 Å². The van der Waals surface area contributed by atoms with Crippen molar-refractivity contribution >= 4 is 8.07 Å². The van der Waals surface area contributed by atoms with Gasteiger partial charge in [-0.3, -0.25) is 0 Å². The molecule has 2 heteroatoms. The van der Waals surface area contributed by atoms with Crippen LogP contribution >= 0.6 is 0 Å². The second-order valence-electron chi connectivity index (χ2n) is 5.64. The molecule has 0 saturated heterocycles. The Morgan fingerprint density at radius 2 is 1.69 bits per heavy atom. The van der Waals surface area contributed by atoms with Gasteiger partial charge in [-0.15, -0.1) is 5.54 Å². The third-order valence-electron chi connectivity index (χ3n) is 3.29. The van der Waals surface area contributed by atoms with Crippen LogP contribution in [0.15, 0.2) is 24.3 Å². The molecule has 1 aromatic rings. The smallest absolute Gasteiger partial charge is 0.138 e. The van der Waals surface area contributed by atoms with E-state index in [1.807, 2.05) is 18.2 Å². The third-order valence-corrected chi connectivity index (χ3v) is 7.79. The van der Waals surface area contributed by atoms with E-state index in [1.165, 1.54) is 0 Å². The maximum atomic E-state index is 9.62. The molecule has 0 bridgehead atoms. The highest BCUT2D eigenvalue weighted by molar-refractivity contribution is 6.87. The zero-order valence-corrected chi connectivity index (χ0v) is 11.8. The summed E-state index contributed by atoms with van der Waals surface area (Å²) in [6.45, 7) is 11.2. The fourth-order valence-electron chi connectivity index (χ4n) is 0.990. The molecule has 1 N–H and O–H groups in total. The van der Waals surface area contributed by atoms with Gasteiger partial charge in [0.2, 0.25) is 0 Å². The van der Waals surface area contributed by atoms with E-state index in [2.05, 4.69) is 45.3 Å². The van der Waals surface area contributed by atoms with Gasteiger partial charge >= 0.3 is 0 Å². The Morgan fingerprint density at radius 1 is 1.12 bits per heavy atom. The molecular formula is C14H20OSi. The van der Waals surface area contributed by atoms with E-state index in [0.717, 1.165) is 5.56 Å². The lowest BCUT2D eigenvalue weighted by atomic mass is 10.2. The highest BCUT2D eigenvalue weighted by Gasteiger charge is 2.33. The third kappa shape index (κ3) is 2.90. The SMILES string of the molecule is CC(C)(C)[Si](C)(C)C#Cc1ccccc1O. The molecule has 1 nitrogen and oxygen atoms in total. The van der Waals surface area contributed by atoms with Crippen LogP contribution in [0, 0.1) is 11.5 Å². The van der Waals surface area contributed by atoms with Gasteiger partial charge in [0.15, 0.2) is 0 Å². The minimum absolute atomic E-state index is 0.254. The molecule has 86 valence electrons. The maximum Gasteiger partial charge on any atom is 0.138 e. The lowest BCUT2D eigenvalue weighted by molar-refractivity contribution is 0.473. The summed E-state index contributed by atoms with van der Waals surface area (Å²) in [5.74, 6) is 3.39. The number of phenolic OH excluding ortho intramolecular Hbond substituents is 1. The van der Waals surface area contributed by atoms with Gasteiger partial charge in [-0.05, 0) is 17.2 Å². The van der Waals surface area contributed by atoms with Gasteiger partial charge in [0.05, 0.1) is 5.56 Å². The lowest BCUT2D eigenvalue weighted by Crippen LogP contribution is -2.35. The normalized spacial score (nSPS) is 11.8. The van der Waals surface area contributed by atoms with Gasteiger partial charge in [-0.2, -0.15) is 0 Å². The van der Waals surface area contributed by atoms with Crippen LogP contribution in [0.5, 0.6) is 5.75 Å². The van der Waals surface area contributed by atoms with Gasteiger partial charge in [-0.25, -0.2) is 0 Å². The van der Waals surface area contributed by atoms with Crippen molar-refractivity contribution in [2.24, 2.45) is 0 Å². The van der Waals surface area contributed by atoms with Crippen LogP contribution in [-0.2, 0) is 0 Å². The van der Waals surface area contributed by atoms with Crippen molar-refractivity contribution in [3.8, 4) is 17.2 Å². The molecule has 0 atom stereocenters. The molecule has 0 aliphatic carbocycles. The molecule has 0 saturated carbocycles. The maximum absolute atomic E-state index is 9.62. The molecule has 0 aromatic heterocycles. The Balaban J connectivity index is 3.04. The first-order valence-corrected chi connectivity index (χ1v) is 8.55. The molecule has 0 amide bonds. The Morgan fingerprint density at radius 3 is 2.19 bits per heavy atom. The Kier molecular flexibility index (Phi) is 3.50. The Hall–Kier alpha value is -1.20. The first-order chi connectivity index (χ1) is 7.24. The average molecular weight is 232 g/mol. The second kappa shape index (κ2) is 4.35. The predicted octanol–water partition coefficient (Wildman–Crippen LogP) is 3.79. The molecular weight excluding hydrogens is 212 g/mol. The summed E-state index contributed by atoms with van der Waals surface area (Å²) >= 11 is 0. The van der Waals surface area contributed by atoms with Crippen LogP contribution in [-0.4, -0.2) is 13.2 Å². The van der Waals surface area contributed by atoms with E-state index in [1.54, 1.807) is 6.07 Å². The molecule has 0 aliphatic heterocycles. The Bertz CT molecular complexity index is 430. The van der Waals surface area contributed by atoms with Crippen molar-refractivity contribution in [3.63, 3.8) is 0 Å². The number of benzene rings is 1. The van der Waals surface area contributed by atoms with Crippen molar-refractivity contribution in [1.82, 2.24) is 0 Å². The van der Waals surface area contributed by atoms with Crippen LogP contribution in [0.3, 0.4) is 0 Å². The zero-order chi connectivity index (χ0) is 12.4. The molecule has 0 radical (unpaired) electrons. The van der Waals surface area contributed by atoms with Gasteiger partial charge in [0, 0.05) is 0 Å². The van der Waals surface area contributed by atoms with Crippen LogP contribution in [0.2, 0.25) is 18.1 Å². The van der Waals surface area contributed by atoms with Gasteiger partial charge in [0.1, 0.15) is 13.8 Å². The zero-order valence-electron chi connectivity index (χ0n) is 10.8. The number of rotatable bonds is 0. The monoisotopic (exact) mass is 232 g/mol. The Labute approximate surface area is 99.5 Å². The number of hydrogen-bond donors (Lipinski definition) is 1. The molecule has 0 heterocycles. The van der Waals surface area contributed by atoms with E-state index < -0.39 is 8.07 Å². The number of phenols is 1. The van der Waals surface area contributed by atoms with E-state index in [9.17, 15) is 5.11 Å². The highest BCUT2D eigenvalue weighted by Crippen LogP contribution is 2.35.